The Labute approximate surface area is 189 Å². The van der Waals surface area contributed by atoms with Gasteiger partial charge in [0, 0.05) is 23.6 Å². The Morgan fingerprint density at radius 3 is 2.57 bits per heavy atom. The van der Waals surface area contributed by atoms with Gasteiger partial charge in [-0.15, -0.1) is 10.2 Å². The van der Waals surface area contributed by atoms with E-state index in [9.17, 15) is 4.79 Å². The van der Waals surface area contributed by atoms with Gasteiger partial charge in [-0.3, -0.25) is 4.79 Å². The zero-order valence-corrected chi connectivity index (χ0v) is 19.2. The Bertz CT molecular complexity index is 1020. The van der Waals surface area contributed by atoms with Gasteiger partial charge < -0.3 is 14.6 Å². The molecule has 0 saturated heterocycles. The predicted octanol–water partition coefficient (Wildman–Crippen LogP) is 4.98. The van der Waals surface area contributed by atoms with Crippen LogP contribution in [-0.4, -0.2) is 26.4 Å². The molecule has 6 nitrogen and oxygen atoms in total. The zero-order valence-electron chi connectivity index (χ0n) is 16.9. The summed E-state index contributed by atoms with van der Waals surface area (Å²) in [5.41, 5.74) is 1.94. The average molecular weight is 465 g/mol. The van der Waals surface area contributed by atoms with Gasteiger partial charge in [-0.05, 0) is 55.3 Å². The van der Waals surface area contributed by atoms with Crippen molar-refractivity contribution in [2.24, 2.45) is 7.05 Å². The molecule has 3 rings (SSSR count). The summed E-state index contributed by atoms with van der Waals surface area (Å²) in [6, 6.07) is 12.8. The fourth-order valence-corrected chi connectivity index (χ4v) is 3.88. The Morgan fingerprint density at radius 1 is 1.17 bits per heavy atom. The molecule has 0 fully saturated rings. The largest absolute Gasteiger partial charge is 0.482 e. The smallest absolute Gasteiger partial charge is 0.230 e. The van der Waals surface area contributed by atoms with E-state index in [0.717, 1.165) is 16.9 Å². The van der Waals surface area contributed by atoms with Gasteiger partial charge in [0.15, 0.2) is 17.1 Å². The molecule has 1 amide bonds. The Kier molecular flexibility index (Phi) is 7.64. The molecule has 1 atom stereocenters. The minimum Gasteiger partial charge on any atom is -0.482 e. The number of aromatic nitrogens is 3. The molecule has 0 aliphatic rings. The highest BCUT2D eigenvalue weighted by atomic mass is 35.5. The summed E-state index contributed by atoms with van der Waals surface area (Å²) >= 11 is 13.2. The molecule has 0 aliphatic carbocycles. The van der Waals surface area contributed by atoms with E-state index in [1.165, 1.54) is 11.8 Å². The van der Waals surface area contributed by atoms with Crippen LogP contribution in [0.15, 0.2) is 47.6 Å². The third-order valence-electron chi connectivity index (χ3n) is 4.41. The molecule has 0 radical (unpaired) electrons. The number of nitrogens with one attached hydrogen (secondary N) is 1. The molecule has 3 aromatic rings. The Hall–Kier alpha value is -2.22. The molecule has 9 heteroatoms. The van der Waals surface area contributed by atoms with Crippen LogP contribution in [0.3, 0.4) is 0 Å². The lowest BCUT2D eigenvalue weighted by Crippen LogP contribution is -2.24. The molecule has 0 bridgehead atoms. The number of carbonyl (C=O) groups excluding carboxylic acids is 1. The minimum atomic E-state index is -0.310. The number of hydrogen-bond acceptors (Lipinski definition) is 5. The van der Waals surface area contributed by atoms with E-state index in [4.69, 9.17) is 27.9 Å². The first-order chi connectivity index (χ1) is 14.3. The van der Waals surface area contributed by atoms with Crippen molar-refractivity contribution in [1.29, 1.82) is 0 Å². The second kappa shape index (κ2) is 10.2. The highest BCUT2D eigenvalue weighted by Crippen LogP contribution is 2.27. The maximum absolute atomic E-state index is 12.2. The molecule has 1 unspecified atom stereocenters. The van der Waals surface area contributed by atoms with Gasteiger partial charge in [-0.1, -0.05) is 47.1 Å². The van der Waals surface area contributed by atoms with Crippen molar-refractivity contribution in [3.8, 4) is 5.75 Å². The van der Waals surface area contributed by atoms with Crippen LogP contribution in [0.4, 0.5) is 0 Å². The zero-order chi connectivity index (χ0) is 21.7. The van der Waals surface area contributed by atoms with Gasteiger partial charge in [-0.25, -0.2) is 0 Å². The predicted molar refractivity (Wildman–Crippen MR) is 120 cm³/mol. The Morgan fingerprint density at radius 2 is 1.87 bits per heavy atom. The topological polar surface area (TPSA) is 69.0 Å². The number of halogens is 2. The van der Waals surface area contributed by atoms with E-state index in [-0.39, 0.29) is 17.8 Å². The fraction of sp³-hybridized carbons (Fsp3) is 0.286. The van der Waals surface area contributed by atoms with Gasteiger partial charge in [0.05, 0.1) is 5.75 Å². The third kappa shape index (κ3) is 5.90. The molecular weight excluding hydrogens is 443 g/mol. The summed E-state index contributed by atoms with van der Waals surface area (Å²) in [7, 11) is 1.86. The van der Waals surface area contributed by atoms with Crippen LogP contribution < -0.4 is 10.1 Å². The van der Waals surface area contributed by atoms with Crippen molar-refractivity contribution in [2.75, 3.05) is 5.75 Å². The van der Waals surface area contributed by atoms with Crippen LogP contribution in [0, 0.1) is 6.92 Å². The molecule has 0 aliphatic heterocycles. The van der Waals surface area contributed by atoms with Gasteiger partial charge in [0.2, 0.25) is 5.91 Å². The van der Waals surface area contributed by atoms with E-state index in [1.807, 2.05) is 49.7 Å². The lowest BCUT2D eigenvalue weighted by molar-refractivity contribution is -0.118. The number of nitrogens with zero attached hydrogens (tertiary/aromatic N) is 3. The van der Waals surface area contributed by atoms with Crippen LogP contribution in [0.2, 0.25) is 10.0 Å². The van der Waals surface area contributed by atoms with Crippen molar-refractivity contribution in [1.82, 2.24) is 20.1 Å². The van der Waals surface area contributed by atoms with Crippen molar-refractivity contribution in [3.05, 3.63) is 69.5 Å². The highest BCUT2D eigenvalue weighted by molar-refractivity contribution is 7.99. The molecule has 158 valence electrons. The summed E-state index contributed by atoms with van der Waals surface area (Å²) < 4.78 is 7.86. The van der Waals surface area contributed by atoms with E-state index < -0.39 is 0 Å². The number of thioether (sulfide) groups is 1. The van der Waals surface area contributed by atoms with Crippen molar-refractivity contribution >= 4 is 40.9 Å². The SMILES string of the molecule is Cc1cc(Cl)ccc1OC(C)c1nnc(SCC(=O)NCc2ccc(Cl)cc2)n1C. The summed E-state index contributed by atoms with van der Waals surface area (Å²) in [6.45, 7) is 4.30. The van der Waals surface area contributed by atoms with Crippen molar-refractivity contribution in [2.45, 2.75) is 31.7 Å². The standard InChI is InChI=1S/C21H22Cl2N4O2S/c1-13-10-17(23)8-9-18(13)29-14(2)20-25-26-21(27(20)3)30-12-19(28)24-11-15-4-6-16(22)7-5-15/h4-10,14H,11-12H2,1-3H3,(H,24,28). The summed E-state index contributed by atoms with van der Waals surface area (Å²) in [5.74, 6) is 1.57. The maximum Gasteiger partial charge on any atom is 0.230 e. The molecule has 2 aromatic carbocycles. The molecule has 0 saturated carbocycles. The van der Waals surface area contributed by atoms with Gasteiger partial charge in [0.1, 0.15) is 5.75 Å². The van der Waals surface area contributed by atoms with Crippen LogP contribution in [0.1, 0.15) is 30.0 Å². The lowest BCUT2D eigenvalue weighted by atomic mass is 10.2. The van der Waals surface area contributed by atoms with Crippen LogP contribution in [-0.2, 0) is 18.4 Å². The maximum atomic E-state index is 12.2. The van der Waals surface area contributed by atoms with Crippen LogP contribution >= 0.6 is 35.0 Å². The molecular formula is C21H22Cl2N4O2S. The monoisotopic (exact) mass is 464 g/mol. The number of rotatable bonds is 8. The van der Waals surface area contributed by atoms with E-state index in [0.29, 0.717) is 27.6 Å². The van der Waals surface area contributed by atoms with Crippen molar-refractivity contribution in [3.63, 3.8) is 0 Å². The quantitative estimate of drug-likeness (QED) is 0.476. The number of aryl methyl sites for hydroxylation is 1. The van der Waals surface area contributed by atoms with Crippen molar-refractivity contribution < 1.29 is 9.53 Å². The number of amides is 1. The summed E-state index contributed by atoms with van der Waals surface area (Å²) in [4.78, 5) is 12.2. The molecule has 30 heavy (non-hydrogen) atoms. The lowest BCUT2D eigenvalue weighted by Gasteiger charge is -2.16. The second-order valence-corrected chi connectivity index (χ2v) is 8.58. The van der Waals surface area contributed by atoms with Crippen LogP contribution in [0.5, 0.6) is 5.75 Å². The Balaban J connectivity index is 1.54. The normalized spacial score (nSPS) is 11.9. The average Bonchev–Trinajstić information content (AvgIpc) is 3.08. The molecule has 1 N–H and O–H groups in total. The summed E-state index contributed by atoms with van der Waals surface area (Å²) in [5, 5.41) is 13.3. The number of benzene rings is 2. The number of hydrogen-bond donors (Lipinski definition) is 1. The molecule has 0 spiro atoms. The number of ether oxygens (including phenoxy) is 1. The third-order valence-corrected chi connectivity index (χ3v) is 5.92. The number of carbonyl (C=O) groups is 1. The van der Waals surface area contributed by atoms with E-state index in [2.05, 4.69) is 15.5 Å². The van der Waals surface area contributed by atoms with Gasteiger partial charge >= 0.3 is 0 Å². The highest BCUT2D eigenvalue weighted by Gasteiger charge is 2.18. The van der Waals surface area contributed by atoms with Crippen LogP contribution in [0.25, 0.3) is 0 Å². The fourth-order valence-electron chi connectivity index (χ4n) is 2.78. The van der Waals surface area contributed by atoms with E-state index in [1.54, 1.807) is 18.2 Å². The minimum absolute atomic E-state index is 0.0828. The first-order valence-corrected chi connectivity index (χ1v) is 11.0. The first-order valence-electron chi connectivity index (χ1n) is 9.29. The second-order valence-electron chi connectivity index (χ2n) is 6.76. The molecule has 1 aromatic heterocycles. The van der Waals surface area contributed by atoms with Gasteiger partial charge in [-0.2, -0.15) is 0 Å². The van der Waals surface area contributed by atoms with Gasteiger partial charge in [0.25, 0.3) is 0 Å². The summed E-state index contributed by atoms with van der Waals surface area (Å²) in [6.07, 6.45) is -0.310. The molecule has 1 heterocycles. The van der Waals surface area contributed by atoms with E-state index >= 15 is 0 Å². The first kappa shape index (κ1) is 22.5.